The fraction of sp³-hybridized carbons (Fsp3) is 0.111. The largest absolute Gasteiger partial charge is 0.508 e. The van der Waals surface area contributed by atoms with Gasteiger partial charge in [-0.1, -0.05) is 30.3 Å². The minimum absolute atomic E-state index is 0.0378. The van der Waals surface area contributed by atoms with Gasteiger partial charge in [0, 0.05) is 23.2 Å². The number of anilines is 2. The predicted molar refractivity (Wildman–Crippen MR) is 136 cm³/mol. The summed E-state index contributed by atoms with van der Waals surface area (Å²) < 4.78 is 0. The van der Waals surface area contributed by atoms with Crippen LogP contribution in [0.5, 0.6) is 5.75 Å². The van der Waals surface area contributed by atoms with E-state index in [9.17, 15) is 19.5 Å². The molecule has 3 aromatic carbocycles. The lowest BCUT2D eigenvalue weighted by Crippen LogP contribution is -2.34. The number of aliphatic carboxylic acids is 1. The van der Waals surface area contributed by atoms with Crippen molar-refractivity contribution in [2.24, 2.45) is 0 Å². The van der Waals surface area contributed by atoms with Crippen LogP contribution in [0.2, 0.25) is 0 Å². The van der Waals surface area contributed by atoms with Crippen molar-refractivity contribution in [1.29, 1.82) is 0 Å². The van der Waals surface area contributed by atoms with Crippen molar-refractivity contribution < 1.29 is 24.6 Å². The van der Waals surface area contributed by atoms with Gasteiger partial charge in [-0.05, 0) is 54.1 Å². The summed E-state index contributed by atoms with van der Waals surface area (Å²) in [5, 5.41) is 24.5. The van der Waals surface area contributed by atoms with Crippen molar-refractivity contribution in [2.75, 3.05) is 16.8 Å². The van der Waals surface area contributed by atoms with Crippen LogP contribution in [0.25, 0.3) is 10.9 Å². The first-order valence-corrected chi connectivity index (χ1v) is 11.2. The third kappa shape index (κ3) is 6.15. The zero-order chi connectivity index (χ0) is 25.5. The standard InChI is InChI=1S/C27H24N4O5/c32-23-11-9-21(10-12-23)30-27(36)31(22-15-20-3-1-2-4-24(20)29-16-22)17-18-5-7-19(8-6-18)26(35)28-14-13-25(33)34/h1-12,15-16,32H,13-14,17H2,(H,28,35)(H,30,36)(H,33,34). The Morgan fingerprint density at radius 3 is 2.36 bits per heavy atom. The molecule has 0 saturated heterocycles. The Morgan fingerprint density at radius 1 is 0.917 bits per heavy atom. The van der Waals surface area contributed by atoms with Crippen molar-refractivity contribution >= 4 is 40.2 Å². The van der Waals surface area contributed by atoms with Crippen LogP contribution in [0.4, 0.5) is 16.2 Å². The SMILES string of the molecule is O=C(O)CCNC(=O)c1ccc(CN(C(=O)Nc2ccc(O)cc2)c2cnc3ccccc3c2)cc1. The molecule has 0 aliphatic carbocycles. The van der Waals surface area contributed by atoms with Gasteiger partial charge in [-0.25, -0.2) is 4.79 Å². The van der Waals surface area contributed by atoms with Crippen molar-refractivity contribution in [1.82, 2.24) is 10.3 Å². The molecule has 3 amide bonds. The average Bonchev–Trinajstić information content (AvgIpc) is 2.88. The van der Waals surface area contributed by atoms with E-state index >= 15 is 0 Å². The molecule has 4 N–H and O–H groups in total. The predicted octanol–water partition coefficient (Wildman–Crippen LogP) is 4.38. The maximum absolute atomic E-state index is 13.3. The quantitative estimate of drug-likeness (QED) is 0.274. The highest BCUT2D eigenvalue weighted by molar-refractivity contribution is 6.02. The number of aromatic hydroxyl groups is 1. The second-order valence-corrected chi connectivity index (χ2v) is 8.05. The Kier molecular flexibility index (Phi) is 7.40. The molecule has 9 nitrogen and oxygen atoms in total. The molecular formula is C27H24N4O5. The van der Waals surface area contributed by atoms with Gasteiger partial charge in [0.05, 0.1) is 30.4 Å². The molecule has 0 aliphatic heterocycles. The fourth-order valence-corrected chi connectivity index (χ4v) is 3.55. The third-order valence-corrected chi connectivity index (χ3v) is 5.43. The number of carbonyl (C=O) groups is 3. The normalized spacial score (nSPS) is 10.6. The van der Waals surface area contributed by atoms with Gasteiger partial charge in [0.25, 0.3) is 5.91 Å². The molecule has 0 fully saturated rings. The molecule has 0 atom stereocenters. The number of nitrogens with one attached hydrogen (secondary N) is 2. The average molecular weight is 485 g/mol. The second-order valence-electron chi connectivity index (χ2n) is 8.05. The van der Waals surface area contributed by atoms with Crippen LogP contribution in [0, 0.1) is 0 Å². The lowest BCUT2D eigenvalue weighted by Gasteiger charge is -2.23. The Morgan fingerprint density at radius 2 is 1.64 bits per heavy atom. The topological polar surface area (TPSA) is 132 Å². The second kappa shape index (κ2) is 11.0. The molecule has 0 unspecified atom stereocenters. The first kappa shape index (κ1) is 24.2. The minimum Gasteiger partial charge on any atom is -0.508 e. The maximum atomic E-state index is 13.3. The summed E-state index contributed by atoms with van der Waals surface area (Å²) in [7, 11) is 0. The molecule has 4 rings (SSSR count). The van der Waals surface area contributed by atoms with Crippen molar-refractivity contribution in [3.63, 3.8) is 0 Å². The number of rotatable bonds is 8. The number of benzene rings is 3. The maximum Gasteiger partial charge on any atom is 0.326 e. The first-order valence-electron chi connectivity index (χ1n) is 11.2. The molecule has 36 heavy (non-hydrogen) atoms. The molecule has 0 saturated carbocycles. The van der Waals surface area contributed by atoms with Gasteiger partial charge in [-0.2, -0.15) is 0 Å². The number of amides is 3. The number of pyridine rings is 1. The monoisotopic (exact) mass is 484 g/mol. The lowest BCUT2D eigenvalue weighted by atomic mass is 10.1. The van der Waals surface area contributed by atoms with E-state index in [-0.39, 0.29) is 31.2 Å². The first-order chi connectivity index (χ1) is 17.4. The number of nitrogens with zero attached hydrogens (tertiary/aromatic N) is 2. The molecule has 0 radical (unpaired) electrons. The van der Waals surface area contributed by atoms with Gasteiger partial charge in [0.15, 0.2) is 0 Å². The van der Waals surface area contributed by atoms with Gasteiger partial charge >= 0.3 is 12.0 Å². The summed E-state index contributed by atoms with van der Waals surface area (Å²) >= 11 is 0. The molecule has 0 spiro atoms. The molecule has 1 heterocycles. The highest BCUT2D eigenvalue weighted by atomic mass is 16.4. The van der Waals surface area contributed by atoms with E-state index in [1.54, 1.807) is 42.6 Å². The van der Waals surface area contributed by atoms with Crippen LogP contribution in [-0.4, -0.2) is 39.6 Å². The van der Waals surface area contributed by atoms with Gasteiger partial charge in [-0.3, -0.25) is 19.5 Å². The highest BCUT2D eigenvalue weighted by Crippen LogP contribution is 2.23. The lowest BCUT2D eigenvalue weighted by molar-refractivity contribution is -0.136. The zero-order valence-electron chi connectivity index (χ0n) is 19.2. The number of phenols is 1. The van der Waals surface area contributed by atoms with E-state index in [1.807, 2.05) is 30.3 Å². The van der Waals surface area contributed by atoms with Gasteiger partial charge in [0.2, 0.25) is 0 Å². The van der Waals surface area contributed by atoms with Crippen LogP contribution >= 0.6 is 0 Å². The molecule has 4 aromatic rings. The van der Waals surface area contributed by atoms with E-state index in [0.29, 0.717) is 16.9 Å². The molecule has 0 aliphatic rings. The number of carboxylic acids is 1. The summed E-state index contributed by atoms with van der Waals surface area (Å²) in [6, 6.07) is 22.0. The van der Waals surface area contributed by atoms with E-state index < -0.39 is 12.0 Å². The van der Waals surface area contributed by atoms with Crippen molar-refractivity contribution in [2.45, 2.75) is 13.0 Å². The fourth-order valence-electron chi connectivity index (χ4n) is 3.55. The number of urea groups is 1. The van der Waals surface area contributed by atoms with Crippen LogP contribution < -0.4 is 15.5 Å². The summed E-state index contributed by atoms with van der Waals surface area (Å²) in [6.07, 6.45) is 1.47. The number of fused-ring (bicyclic) bond motifs is 1. The van der Waals surface area contributed by atoms with Crippen LogP contribution in [-0.2, 0) is 11.3 Å². The Balaban J connectivity index is 1.56. The molecule has 1 aromatic heterocycles. The summed E-state index contributed by atoms with van der Waals surface area (Å²) in [5.74, 6) is -1.27. The number of hydrogen-bond donors (Lipinski definition) is 4. The molecule has 9 heteroatoms. The summed E-state index contributed by atoms with van der Waals surface area (Å²) in [5.41, 5.74) is 3.06. The van der Waals surface area contributed by atoms with Gasteiger partial charge in [0.1, 0.15) is 5.75 Å². The Labute approximate surface area is 207 Å². The van der Waals surface area contributed by atoms with E-state index in [2.05, 4.69) is 15.6 Å². The Bertz CT molecular complexity index is 1390. The van der Waals surface area contributed by atoms with Crippen molar-refractivity contribution in [3.05, 3.63) is 96.2 Å². The molecule has 0 bridgehead atoms. The number of carbonyl (C=O) groups excluding carboxylic acids is 2. The smallest absolute Gasteiger partial charge is 0.326 e. The van der Waals surface area contributed by atoms with Gasteiger partial charge in [-0.15, -0.1) is 0 Å². The van der Waals surface area contributed by atoms with Crippen LogP contribution in [0.1, 0.15) is 22.3 Å². The van der Waals surface area contributed by atoms with Crippen molar-refractivity contribution in [3.8, 4) is 5.75 Å². The number of para-hydroxylation sites is 1. The molecule has 182 valence electrons. The number of hydrogen-bond acceptors (Lipinski definition) is 5. The van der Waals surface area contributed by atoms with Crippen LogP contribution in [0.15, 0.2) is 85.1 Å². The van der Waals surface area contributed by atoms with E-state index in [0.717, 1.165) is 16.5 Å². The van der Waals surface area contributed by atoms with E-state index in [1.165, 1.54) is 17.0 Å². The highest BCUT2D eigenvalue weighted by Gasteiger charge is 2.18. The Hall–Kier alpha value is -4.92. The minimum atomic E-state index is -0.987. The molecular weight excluding hydrogens is 460 g/mol. The third-order valence-electron chi connectivity index (χ3n) is 5.43. The zero-order valence-corrected chi connectivity index (χ0v) is 19.2. The van der Waals surface area contributed by atoms with Crippen LogP contribution in [0.3, 0.4) is 0 Å². The summed E-state index contributed by atoms with van der Waals surface area (Å²) in [6.45, 7) is 0.237. The van der Waals surface area contributed by atoms with Gasteiger partial charge < -0.3 is 20.8 Å². The van der Waals surface area contributed by atoms with E-state index in [4.69, 9.17) is 5.11 Å². The number of carboxylic acid groups (broad SMARTS) is 1. The summed E-state index contributed by atoms with van der Waals surface area (Å²) in [4.78, 5) is 42.2. The number of phenolic OH excluding ortho intramolecular Hbond substituents is 1. The number of aromatic nitrogens is 1.